The van der Waals surface area contributed by atoms with Crippen molar-refractivity contribution in [2.75, 3.05) is 0 Å². The topological polar surface area (TPSA) is 0 Å². The summed E-state index contributed by atoms with van der Waals surface area (Å²) in [6.45, 7) is 1.97. The van der Waals surface area contributed by atoms with Crippen molar-refractivity contribution in [2.24, 2.45) is 5.92 Å². The summed E-state index contributed by atoms with van der Waals surface area (Å²) in [6, 6.07) is 0. The van der Waals surface area contributed by atoms with Crippen LogP contribution in [0.1, 0.15) is 84.5 Å². The van der Waals surface area contributed by atoms with Crippen molar-refractivity contribution >= 4 is 0 Å². The standard InChI is InChI=1S/C19H33.C5H5.Fe/c1-3-5-7-8-9-10-11-15-18(14-6-4-2)19-16-12-13-17-19;1-2-4-5-3-1;/h12-13,16-18H,3-11,14-15H2,1-2H3;1-5H;. The van der Waals surface area contributed by atoms with Crippen LogP contribution in [-0.4, -0.2) is 0 Å². The summed E-state index contributed by atoms with van der Waals surface area (Å²) in [5.41, 5.74) is 0. The third kappa shape index (κ3) is 0.230. The van der Waals surface area contributed by atoms with Crippen LogP contribution in [0.2, 0.25) is 47.7 Å². The van der Waals surface area contributed by atoms with Crippen molar-refractivity contribution in [3.63, 3.8) is 0 Å². The van der Waals surface area contributed by atoms with Gasteiger partial charge >= 0.3 is 145 Å². The van der Waals surface area contributed by atoms with E-state index < -0.39 is 6.51 Å². The van der Waals surface area contributed by atoms with Crippen molar-refractivity contribution in [2.45, 2.75) is 132 Å². The molecule has 142 valence electrons. The molecular formula is C24H38Fe. The summed E-state index contributed by atoms with van der Waals surface area (Å²) in [5.74, 6) is 1.28. The van der Waals surface area contributed by atoms with Crippen LogP contribution < -0.4 is 0 Å². The second-order valence-corrected chi connectivity index (χ2v) is 38.1. The summed E-state index contributed by atoms with van der Waals surface area (Å²) in [4.78, 5) is 13.9. The van der Waals surface area contributed by atoms with E-state index >= 15 is 0 Å². The molecule has 0 radical (unpaired) electrons. The third-order valence-electron chi connectivity index (χ3n) is 18.5. The first-order chi connectivity index (χ1) is 12.1. The normalized spacial score (nSPS) is 86.2. The molecule has 0 saturated carbocycles. The van der Waals surface area contributed by atoms with Gasteiger partial charge in [0.2, 0.25) is 0 Å². The van der Waals surface area contributed by atoms with Crippen molar-refractivity contribution in [3.05, 3.63) is 0 Å². The van der Waals surface area contributed by atoms with E-state index in [1.54, 1.807) is 72.2 Å². The molecule has 5 unspecified atom stereocenters. The Morgan fingerprint density at radius 2 is 1.08 bits per heavy atom. The molecule has 25 heavy (non-hydrogen) atoms. The Hall–Kier alpha value is 0.519. The van der Waals surface area contributed by atoms with Gasteiger partial charge in [-0.05, 0) is 0 Å². The molecule has 0 amide bonds. The van der Waals surface area contributed by atoms with E-state index in [0.29, 0.717) is 0 Å². The monoisotopic (exact) mass is 382 g/mol. The molecule has 0 nitrogen and oxygen atoms in total. The Bertz CT molecular complexity index is 971. The first-order valence-corrected chi connectivity index (χ1v) is 18.6. The zero-order chi connectivity index (χ0) is 16.4. The Morgan fingerprint density at radius 1 is 0.600 bits per heavy atom. The third-order valence-corrected chi connectivity index (χ3v) is 61.2. The average Bonchev–Trinajstić information content (AvgIpc) is 3.55. The van der Waals surface area contributed by atoms with Crippen molar-refractivity contribution in [1.82, 2.24) is 0 Å². The minimum atomic E-state index is -2.82. The molecule has 0 aromatic carbocycles. The Balaban J connectivity index is 0.959. The number of fused-ring (bicyclic) bond motifs is 10. The van der Waals surface area contributed by atoms with Crippen molar-refractivity contribution in [3.8, 4) is 0 Å². The van der Waals surface area contributed by atoms with Crippen LogP contribution in [0, 0.1) is 5.92 Å². The molecule has 10 fully saturated rings. The van der Waals surface area contributed by atoms with Crippen LogP contribution in [0.25, 0.3) is 0 Å². The Kier molecular flexibility index (Phi) is 0.816. The van der Waals surface area contributed by atoms with Crippen LogP contribution in [0.15, 0.2) is 0 Å². The minimum absolute atomic E-state index is 1.20. The molecule has 0 bridgehead atoms. The van der Waals surface area contributed by atoms with Gasteiger partial charge < -0.3 is 0 Å². The van der Waals surface area contributed by atoms with Gasteiger partial charge in [-0.25, -0.2) is 0 Å². The van der Waals surface area contributed by atoms with Crippen molar-refractivity contribution < 1.29 is 6.51 Å². The van der Waals surface area contributed by atoms with Gasteiger partial charge in [0.15, 0.2) is 0 Å². The van der Waals surface area contributed by atoms with Crippen LogP contribution >= 0.6 is 0 Å². The molecular weight excluding hydrogens is 344 g/mol. The Labute approximate surface area is 144 Å². The number of rotatable bonds is 12. The fourth-order valence-electron chi connectivity index (χ4n) is 19.9. The molecule has 0 aliphatic carbocycles. The predicted molar refractivity (Wildman–Crippen MR) is 102 cm³/mol. The van der Waals surface area contributed by atoms with Crippen LogP contribution in [0.3, 0.4) is 0 Å². The molecule has 1 heteroatoms. The molecule has 10 heterocycles. The van der Waals surface area contributed by atoms with Gasteiger partial charge in [0.05, 0.1) is 0 Å². The van der Waals surface area contributed by atoms with E-state index in [2.05, 4.69) is 13.8 Å². The van der Waals surface area contributed by atoms with E-state index in [9.17, 15) is 0 Å². The van der Waals surface area contributed by atoms with Gasteiger partial charge in [0.1, 0.15) is 0 Å². The molecule has 0 aromatic rings. The fourth-order valence-corrected chi connectivity index (χ4v) is 95.6. The number of hydrogen-bond donors (Lipinski definition) is 0. The first-order valence-electron chi connectivity index (χ1n) is 12.3. The van der Waals surface area contributed by atoms with Crippen LogP contribution in [0.5, 0.6) is 0 Å². The van der Waals surface area contributed by atoms with Gasteiger partial charge in [-0.15, -0.1) is 0 Å². The van der Waals surface area contributed by atoms with Crippen LogP contribution in [0.4, 0.5) is 0 Å². The van der Waals surface area contributed by atoms with E-state index in [4.69, 9.17) is 0 Å². The molecule has 5 atom stereocenters. The number of unbranched alkanes of at least 4 members (excludes halogenated alkanes) is 7. The molecule has 10 aliphatic rings. The quantitative estimate of drug-likeness (QED) is 0.234. The summed E-state index contributed by atoms with van der Waals surface area (Å²) >= 11 is 0. The summed E-state index contributed by atoms with van der Waals surface area (Å²) in [7, 11) is 0. The second kappa shape index (κ2) is 1.58. The maximum absolute atomic E-state index is 2.82. The van der Waals surface area contributed by atoms with Crippen molar-refractivity contribution in [1.29, 1.82) is 0 Å². The van der Waals surface area contributed by atoms with Gasteiger partial charge in [-0.3, -0.25) is 0 Å². The molecule has 1 spiro atoms. The van der Waals surface area contributed by atoms with E-state index in [1.807, 2.05) is 0 Å². The van der Waals surface area contributed by atoms with Gasteiger partial charge in [0.25, 0.3) is 0 Å². The zero-order valence-corrected chi connectivity index (χ0v) is 17.5. The molecule has 0 aromatic heterocycles. The first kappa shape index (κ1) is 12.9. The molecule has 0 N–H and O–H groups in total. The molecule has 10 aliphatic heterocycles. The second-order valence-electron chi connectivity index (χ2n) is 14.5. The molecule has 10 rings (SSSR count). The zero-order valence-electron chi connectivity index (χ0n) is 16.4. The number of hydrogen-bond acceptors (Lipinski definition) is 0. The SMILES string of the molecule is CCCCCCCCCC(CCCC)[C]12[CH]3[CH]4[CH]5[CH]1[Fe]45321678[CH]2[CH]1[CH]6[CH]7[CH]28. The maximum atomic E-state index is 2.45. The molecule has 10 saturated heterocycles. The van der Waals surface area contributed by atoms with Crippen LogP contribution in [-0.2, 0) is 6.51 Å². The average molecular weight is 382 g/mol. The summed E-state index contributed by atoms with van der Waals surface area (Å²) in [5, 5.41) is 0. The Morgan fingerprint density at radius 3 is 1.52 bits per heavy atom. The summed E-state index contributed by atoms with van der Waals surface area (Å²) < 4.78 is 1.20. The van der Waals surface area contributed by atoms with Gasteiger partial charge in [-0.2, -0.15) is 0 Å². The van der Waals surface area contributed by atoms with E-state index in [0.717, 1.165) is 0 Å². The van der Waals surface area contributed by atoms with Gasteiger partial charge in [0, 0.05) is 0 Å². The van der Waals surface area contributed by atoms with Gasteiger partial charge in [-0.1, -0.05) is 0 Å². The fraction of sp³-hybridized carbons (Fsp3) is 1.00. The predicted octanol–water partition coefficient (Wildman–Crippen LogP) is 8.69. The van der Waals surface area contributed by atoms with E-state index in [1.165, 1.54) is 52.0 Å². The summed E-state index contributed by atoms with van der Waals surface area (Å²) in [6.07, 6.45) is 17.0. The van der Waals surface area contributed by atoms with E-state index in [-0.39, 0.29) is 0 Å².